The summed E-state index contributed by atoms with van der Waals surface area (Å²) in [4.78, 5) is 19.3. The number of hydrogen-bond donors (Lipinski definition) is 0. The molecule has 0 aliphatic carbocycles. The molecule has 1 fully saturated rings. The largest absolute Gasteiger partial charge is 0.480 e. The number of carbonyl (C=O) groups excluding carboxylic acids is 1. The van der Waals surface area contributed by atoms with E-state index in [1.807, 2.05) is 0 Å². The standard InChI is InChI=1S/C22H20F5N5O4S/c1-36-20-13(11-31(30-20)16-9-28-21(29-10-16)22(25,26)27)2-7-19(33)18-8-15(24)12-32(18)37(34,35)17-5-3-14(23)4-6-17/h3-6,9-11,15,18H,2,7-8,12H2,1H3/t15-,18+/m1/s1. The first kappa shape index (κ1) is 26.6. The number of rotatable bonds is 8. The van der Waals surface area contributed by atoms with Crippen LogP contribution in [-0.2, 0) is 27.4 Å². The second kappa shape index (κ2) is 10.1. The summed E-state index contributed by atoms with van der Waals surface area (Å²) in [7, 11) is -2.95. The predicted molar refractivity (Wildman–Crippen MR) is 118 cm³/mol. The van der Waals surface area contributed by atoms with E-state index in [9.17, 15) is 35.2 Å². The molecule has 9 nitrogen and oxygen atoms in total. The van der Waals surface area contributed by atoms with Crippen LogP contribution in [0, 0.1) is 5.82 Å². The van der Waals surface area contributed by atoms with Crippen LogP contribution in [0.1, 0.15) is 24.2 Å². The number of Topliss-reactive ketones (excluding diaryl/α,β-unsaturated/α-hetero) is 1. The molecule has 0 saturated carbocycles. The Morgan fingerprint density at radius 3 is 2.41 bits per heavy atom. The van der Waals surface area contributed by atoms with Crippen molar-refractivity contribution >= 4 is 15.8 Å². The highest BCUT2D eigenvalue weighted by molar-refractivity contribution is 7.89. The average molecular weight is 545 g/mol. The van der Waals surface area contributed by atoms with E-state index in [1.54, 1.807) is 0 Å². The Kier molecular flexibility index (Phi) is 7.28. The van der Waals surface area contributed by atoms with Crippen LogP contribution in [0.4, 0.5) is 22.0 Å². The van der Waals surface area contributed by atoms with Gasteiger partial charge in [-0.25, -0.2) is 31.8 Å². The molecular weight excluding hydrogens is 525 g/mol. The summed E-state index contributed by atoms with van der Waals surface area (Å²) in [6.07, 6.45) is -3.48. The van der Waals surface area contributed by atoms with E-state index in [0.29, 0.717) is 5.56 Å². The van der Waals surface area contributed by atoms with Crippen LogP contribution in [0.3, 0.4) is 0 Å². The summed E-state index contributed by atoms with van der Waals surface area (Å²) in [6, 6.07) is 2.75. The fourth-order valence-electron chi connectivity index (χ4n) is 3.94. The van der Waals surface area contributed by atoms with Gasteiger partial charge in [0.05, 0.1) is 30.4 Å². The van der Waals surface area contributed by atoms with Crippen LogP contribution in [0.2, 0.25) is 0 Å². The zero-order valence-corrected chi connectivity index (χ0v) is 20.0. The number of benzene rings is 1. The van der Waals surface area contributed by atoms with E-state index >= 15 is 0 Å². The molecular formula is C22H20F5N5O4S. The lowest BCUT2D eigenvalue weighted by molar-refractivity contribution is -0.145. The first-order chi connectivity index (χ1) is 17.4. The maximum absolute atomic E-state index is 14.2. The summed E-state index contributed by atoms with van der Waals surface area (Å²) >= 11 is 0. The third-order valence-corrected chi connectivity index (χ3v) is 7.63. The highest BCUT2D eigenvalue weighted by Crippen LogP contribution is 2.30. The fourth-order valence-corrected chi connectivity index (χ4v) is 5.58. The van der Waals surface area contributed by atoms with Crippen LogP contribution in [-0.4, -0.2) is 64.1 Å². The van der Waals surface area contributed by atoms with Gasteiger partial charge in [-0.05, 0) is 30.7 Å². The summed E-state index contributed by atoms with van der Waals surface area (Å²) < 4.78 is 98.7. The summed E-state index contributed by atoms with van der Waals surface area (Å²) in [5.41, 5.74) is 0.509. The maximum Gasteiger partial charge on any atom is 0.451 e. The van der Waals surface area contributed by atoms with Gasteiger partial charge >= 0.3 is 6.18 Å². The van der Waals surface area contributed by atoms with Crippen LogP contribution >= 0.6 is 0 Å². The number of nitrogens with zero attached hydrogens (tertiary/aromatic N) is 5. The number of sulfonamides is 1. The first-order valence-corrected chi connectivity index (χ1v) is 12.3. The number of halogens is 5. The Bertz CT molecular complexity index is 1380. The number of alkyl halides is 4. The number of aryl methyl sites for hydroxylation is 1. The Labute approximate surface area is 207 Å². The first-order valence-electron chi connectivity index (χ1n) is 10.9. The number of carbonyl (C=O) groups is 1. The van der Waals surface area contributed by atoms with Gasteiger partial charge in [0.1, 0.15) is 17.7 Å². The zero-order valence-electron chi connectivity index (χ0n) is 19.2. The second-order valence-electron chi connectivity index (χ2n) is 8.21. The molecule has 1 aliphatic rings. The molecule has 0 unspecified atom stereocenters. The van der Waals surface area contributed by atoms with E-state index in [4.69, 9.17) is 4.74 Å². The van der Waals surface area contributed by atoms with Crippen LogP contribution in [0.5, 0.6) is 5.88 Å². The Morgan fingerprint density at radius 1 is 1.16 bits per heavy atom. The molecule has 0 amide bonds. The lowest BCUT2D eigenvalue weighted by Crippen LogP contribution is -2.40. The number of methoxy groups -OCH3 is 1. The van der Waals surface area contributed by atoms with Crippen molar-refractivity contribution in [1.29, 1.82) is 0 Å². The number of hydrogen-bond acceptors (Lipinski definition) is 7. The van der Waals surface area contributed by atoms with Gasteiger partial charge in [0.2, 0.25) is 21.7 Å². The third kappa shape index (κ3) is 5.61. The predicted octanol–water partition coefficient (Wildman–Crippen LogP) is 3.13. The van der Waals surface area contributed by atoms with Crippen LogP contribution in [0.15, 0.2) is 47.8 Å². The SMILES string of the molecule is COc1nn(-c2cnc(C(F)(F)F)nc2)cc1CCC(=O)[C@@H]1C[C@@H](F)CN1S(=O)(=O)c1ccc(F)cc1. The van der Waals surface area contributed by atoms with Crippen molar-refractivity contribution in [3.63, 3.8) is 0 Å². The molecule has 1 aromatic carbocycles. The maximum atomic E-state index is 14.2. The van der Waals surface area contributed by atoms with Gasteiger partial charge in [0.25, 0.3) is 0 Å². The quantitative estimate of drug-likeness (QED) is 0.401. The van der Waals surface area contributed by atoms with Gasteiger partial charge in [-0.15, -0.1) is 5.10 Å². The van der Waals surface area contributed by atoms with E-state index in [1.165, 1.54) is 18.0 Å². The van der Waals surface area contributed by atoms with Gasteiger partial charge in [0, 0.05) is 31.1 Å². The number of ether oxygens (including phenoxy) is 1. The van der Waals surface area contributed by atoms with Gasteiger partial charge in [-0.3, -0.25) is 4.79 Å². The minimum atomic E-state index is -4.71. The summed E-state index contributed by atoms with van der Waals surface area (Å²) in [5.74, 6) is -2.42. The molecule has 0 spiro atoms. The second-order valence-corrected chi connectivity index (χ2v) is 10.1. The molecule has 1 aliphatic heterocycles. The van der Waals surface area contributed by atoms with Crippen molar-refractivity contribution in [2.75, 3.05) is 13.7 Å². The number of aromatic nitrogens is 4. The average Bonchev–Trinajstić information content (AvgIpc) is 3.46. The highest BCUT2D eigenvalue weighted by Gasteiger charge is 2.43. The van der Waals surface area contributed by atoms with E-state index in [2.05, 4.69) is 15.1 Å². The minimum absolute atomic E-state index is 0.0292. The Hall–Kier alpha value is -3.46. The van der Waals surface area contributed by atoms with Crippen molar-refractivity contribution in [1.82, 2.24) is 24.1 Å². The van der Waals surface area contributed by atoms with E-state index < -0.39 is 52.4 Å². The van der Waals surface area contributed by atoms with Gasteiger partial charge in [-0.2, -0.15) is 17.5 Å². The number of ketones is 1. The van der Waals surface area contributed by atoms with E-state index in [0.717, 1.165) is 41.0 Å². The van der Waals surface area contributed by atoms with Gasteiger partial charge in [-0.1, -0.05) is 0 Å². The van der Waals surface area contributed by atoms with Gasteiger partial charge < -0.3 is 4.74 Å². The summed E-state index contributed by atoms with van der Waals surface area (Å²) in [5, 5.41) is 4.10. The fraction of sp³-hybridized carbons (Fsp3) is 0.364. The van der Waals surface area contributed by atoms with Crippen molar-refractivity contribution in [3.05, 3.63) is 60.1 Å². The molecule has 2 aromatic heterocycles. The topological polar surface area (TPSA) is 107 Å². The van der Waals surface area contributed by atoms with Crippen molar-refractivity contribution in [3.8, 4) is 11.6 Å². The van der Waals surface area contributed by atoms with Crippen molar-refractivity contribution in [2.45, 2.75) is 42.5 Å². The Balaban J connectivity index is 1.50. The minimum Gasteiger partial charge on any atom is -0.480 e. The molecule has 4 rings (SSSR count). The lowest BCUT2D eigenvalue weighted by Gasteiger charge is -2.22. The molecule has 0 radical (unpaired) electrons. The molecule has 0 bridgehead atoms. The van der Waals surface area contributed by atoms with Crippen LogP contribution in [0.25, 0.3) is 5.69 Å². The monoisotopic (exact) mass is 545 g/mol. The Morgan fingerprint density at radius 2 is 1.81 bits per heavy atom. The van der Waals surface area contributed by atoms with E-state index in [-0.39, 0.29) is 35.7 Å². The molecule has 15 heteroatoms. The molecule has 0 N–H and O–H groups in total. The molecule has 3 heterocycles. The third-order valence-electron chi connectivity index (χ3n) is 5.74. The summed E-state index contributed by atoms with van der Waals surface area (Å²) in [6.45, 7) is -0.509. The van der Waals surface area contributed by atoms with Crippen molar-refractivity contribution < 1.29 is 39.9 Å². The highest BCUT2D eigenvalue weighted by atomic mass is 32.2. The molecule has 3 aromatic rings. The molecule has 1 saturated heterocycles. The molecule has 198 valence electrons. The van der Waals surface area contributed by atoms with Crippen molar-refractivity contribution in [2.24, 2.45) is 0 Å². The smallest absolute Gasteiger partial charge is 0.451 e. The molecule has 2 atom stereocenters. The normalized spacial score (nSPS) is 18.8. The zero-order chi connectivity index (χ0) is 27.0. The molecule has 37 heavy (non-hydrogen) atoms. The van der Waals surface area contributed by atoms with Crippen LogP contribution < -0.4 is 4.74 Å². The lowest BCUT2D eigenvalue weighted by atomic mass is 10.0. The van der Waals surface area contributed by atoms with Gasteiger partial charge in [0.15, 0.2) is 5.78 Å².